The molecule has 0 saturated heterocycles. The molecule has 0 aliphatic heterocycles. The molecule has 0 spiro atoms. The Labute approximate surface area is 118 Å². The molecule has 1 aliphatic rings. The Morgan fingerprint density at radius 3 is 2.75 bits per heavy atom. The van der Waals surface area contributed by atoms with E-state index < -0.39 is 0 Å². The summed E-state index contributed by atoms with van der Waals surface area (Å²) in [5.41, 5.74) is 1.21. The lowest BCUT2D eigenvalue weighted by Gasteiger charge is -2.20. The third-order valence-electron chi connectivity index (χ3n) is 4.37. The van der Waals surface area contributed by atoms with E-state index in [0.29, 0.717) is 17.3 Å². The van der Waals surface area contributed by atoms with Crippen LogP contribution in [0.4, 0.5) is 11.8 Å². The van der Waals surface area contributed by atoms with E-state index in [1.165, 1.54) is 12.8 Å². The first-order valence-corrected chi connectivity index (χ1v) is 7.33. The van der Waals surface area contributed by atoms with Crippen molar-refractivity contribution in [2.75, 3.05) is 23.7 Å². The van der Waals surface area contributed by atoms with Crippen molar-refractivity contribution in [1.82, 2.24) is 20.2 Å². The van der Waals surface area contributed by atoms with E-state index in [1.54, 1.807) is 6.20 Å². The first-order valence-electron chi connectivity index (χ1n) is 7.33. The molecule has 0 amide bonds. The molecule has 0 bridgehead atoms. The summed E-state index contributed by atoms with van der Waals surface area (Å²) < 4.78 is 0. The number of fused-ring (bicyclic) bond motifs is 1. The predicted molar refractivity (Wildman–Crippen MR) is 80.8 cm³/mol. The van der Waals surface area contributed by atoms with Gasteiger partial charge in [-0.1, -0.05) is 13.8 Å². The maximum atomic E-state index is 4.56. The van der Waals surface area contributed by atoms with Gasteiger partial charge in [0.2, 0.25) is 5.95 Å². The van der Waals surface area contributed by atoms with Gasteiger partial charge in [-0.3, -0.25) is 5.10 Å². The maximum Gasteiger partial charge on any atom is 0.226 e. The van der Waals surface area contributed by atoms with Gasteiger partial charge >= 0.3 is 0 Å². The summed E-state index contributed by atoms with van der Waals surface area (Å²) in [4.78, 5) is 8.96. The minimum Gasteiger partial charge on any atom is -0.369 e. The van der Waals surface area contributed by atoms with Crippen molar-refractivity contribution < 1.29 is 0 Å². The Balaban J connectivity index is 1.84. The molecule has 6 heteroatoms. The van der Waals surface area contributed by atoms with Crippen LogP contribution in [0, 0.1) is 11.3 Å². The number of anilines is 2. The first-order chi connectivity index (χ1) is 9.64. The molecule has 3 N–H and O–H groups in total. The van der Waals surface area contributed by atoms with E-state index in [2.05, 4.69) is 44.6 Å². The second-order valence-corrected chi connectivity index (χ2v) is 5.93. The zero-order chi connectivity index (χ0) is 14.2. The van der Waals surface area contributed by atoms with Crippen LogP contribution < -0.4 is 10.6 Å². The van der Waals surface area contributed by atoms with Crippen molar-refractivity contribution in [3.05, 3.63) is 6.20 Å². The topological polar surface area (TPSA) is 78.5 Å². The van der Waals surface area contributed by atoms with Gasteiger partial charge in [-0.05, 0) is 31.1 Å². The van der Waals surface area contributed by atoms with Gasteiger partial charge in [0, 0.05) is 13.1 Å². The predicted octanol–water partition coefficient (Wildman–Crippen LogP) is 2.63. The lowest BCUT2D eigenvalue weighted by molar-refractivity contribution is 0.380. The monoisotopic (exact) mass is 274 g/mol. The van der Waals surface area contributed by atoms with Gasteiger partial charge in [-0.25, -0.2) is 0 Å². The SMILES string of the molecule is CCNc1nc(NCC2(C(C)C)CC2)c2cn[nH]c2n1. The number of nitrogens with zero attached hydrogens (tertiary/aromatic N) is 3. The molecule has 2 aromatic rings. The molecule has 2 heterocycles. The minimum absolute atomic E-state index is 0.444. The highest BCUT2D eigenvalue weighted by molar-refractivity contribution is 5.86. The molecular formula is C14H22N6. The normalized spacial score (nSPS) is 16.6. The van der Waals surface area contributed by atoms with Gasteiger partial charge in [0.15, 0.2) is 5.65 Å². The smallest absolute Gasteiger partial charge is 0.226 e. The summed E-state index contributed by atoms with van der Waals surface area (Å²) in [5, 5.41) is 14.6. The second kappa shape index (κ2) is 4.92. The van der Waals surface area contributed by atoms with Crippen LogP contribution in [0.25, 0.3) is 11.0 Å². The Morgan fingerprint density at radius 2 is 2.10 bits per heavy atom. The zero-order valence-corrected chi connectivity index (χ0v) is 12.3. The number of aromatic amines is 1. The molecule has 0 aromatic carbocycles. The van der Waals surface area contributed by atoms with Crippen molar-refractivity contribution in [3.8, 4) is 0 Å². The highest BCUT2D eigenvalue weighted by Crippen LogP contribution is 2.51. The van der Waals surface area contributed by atoms with Crippen LogP contribution in [-0.4, -0.2) is 33.3 Å². The fourth-order valence-corrected chi connectivity index (χ4v) is 2.59. The summed E-state index contributed by atoms with van der Waals surface area (Å²) >= 11 is 0. The molecule has 20 heavy (non-hydrogen) atoms. The fourth-order valence-electron chi connectivity index (χ4n) is 2.59. The van der Waals surface area contributed by atoms with Gasteiger partial charge < -0.3 is 10.6 Å². The summed E-state index contributed by atoms with van der Waals surface area (Å²) in [6, 6.07) is 0. The molecule has 3 rings (SSSR count). The van der Waals surface area contributed by atoms with E-state index in [1.807, 2.05) is 6.92 Å². The average molecular weight is 274 g/mol. The highest BCUT2D eigenvalue weighted by Gasteiger charge is 2.45. The number of H-pyrrole nitrogens is 1. The molecule has 1 aliphatic carbocycles. The van der Waals surface area contributed by atoms with Crippen molar-refractivity contribution in [2.24, 2.45) is 11.3 Å². The highest BCUT2D eigenvalue weighted by atomic mass is 15.2. The van der Waals surface area contributed by atoms with Gasteiger partial charge in [0.25, 0.3) is 0 Å². The average Bonchev–Trinajstić information content (AvgIpc) is 3.07. The van der Waals surface area contributed by atoms with E-state index in [-0.39, 0.29) is 0 Å². The summed E-state index contributed by atoms with van der Waals surface area (Å²) in [6.45, 7) is 8.40. The molecule has 6 nitrogen and oxygen atoms in total. The molecular weight excluding hydrogens is 252 g/mol. The minimum atomic E-state index is 0.444. The number of rotatable bonds is 6. The Hall–Kier alpha value is -1.85. The van der Waals surface area contributed by atoms with Crippen LogP contribution >= 0.6 is 0 Å². The third kappa shape index (κ3) is 2.30. The third-order valence-corrected chi connectivity index (χ3v) is 4.37. The maximum absolute atomic E-state index is 4.56. The number of hydrogen-bond acceptors (Lipinski definition) is 5. The van der Waals surface area contributed by atoms with Crippen LogP contribution in [0.2, 0.25) is 0 Å². The standard InChI is InChI=1S/C14H22N6/c1-4-15-13-18-11(10-7-17-20-12(10)19-13)16-8-14(5-6-14)9(2)3/h7,9H,4-6,8H2,1-3H3,(H3,15,16,17,18,19,20). The van der Waals surface area contributed by atoms with Crippen LogP contribution in [0.15, 0.2) is 6.20 Å². The van der Waals surface area contributed by atoms with Gasteiger partial charge in [-0.15, -0.1) is 0 Å². The summed E-state index contributed by atoms with van der Waals surface area (Å²) in [5.74, 6) is 2.21. The van der Waals surface area contributed by atoms with Crippen LogP contribution in [-0.2, 0) is 0 Å². The van der Waals surface area contributed by atoms with E-state index in [9.17, 15) is 0 Å². The van der Waals surface area contributed by atoms with Crippen molar-refractivity contribution in [2.45, 2.75) is 33.6 Å². The number of hydrogen-bond donors (Lipinski definition) is 3. The lowest BCUT2D eigenvalue weighted by atomic mass is 9.92. The summed E-state index contributed by atoms with van der Waals surface area (Å²) in [6.07, 6.45) is 4.39. The van der Waals surface area contributed by atoms with E-state index in [0.717, 1.165) is 29.9 Å². The molecule has 108 valence electrons. The number of nitrogens with one attached hydrogen (secondary N) is 3. The Morgan fingerprint density at radius 1 is 1.30 bits per heavy atom. The molecule has 0 unspecified atom stereocenters. The molecule has 2 aromatic heterocycles. The van der Waals surface area contributed by atoms with Crippen LogP contribution in [0.5, 0.6) is 0 Å². The van der Waals surface area contributed by atoms with Gasteiger partial charge in [-0.2, -0.15) is 15.1 Å². The molecule has 1 saturated carbocycles. The van der Waals surface area contributed by atoms with Gasteiger partial charge in [0.05, 0.1) is 11.6 Å². The molecule has 0 radical (unpaired) electrons. The van der Waals surface area contributed by atoms with Crippen molar-refractivity contribution in [1.29, 1.82) is 0 Å². The molecule has 0 atom stereocenters. The quantitative estimate of drug-likeness (QED) is 0.754. The van der Waals surface area contributed by atoms with Crippen molar-refractivity contribution >= 4 is 22.8 Å². The van der Waals surface area contributed by atoms with Crippen molar-refractivity contribution in [3.63, 3.8) is 0 Å². The number of aromatic nitrogens is 4. The van der Waals surface area contributed by atoms with Gasteiger partial charge in [0.1, 0.15) is 5.82 Å². The lowest BCUT2D eigenvalue weighted by Crippen LogP contribution is -2.21. The van der Waals surface area contributed by atoms with E-state index >= 15 is 0 Å². The van der Waals surface area contributed by atoms with Crippen LogP contribution in [0.1, 0.15) is 33.6 Å². The Kier molecular flexibility index (Phi) is 3.23. The zero-order valence-electron chi connectivity index (χ0n) is 12.3. The van der Waals surface area contributed by atoms with E-state index in [4.69, 9.17) is 0 Å². The molecule has 1 fully saturated rings. The fraction of sp³-hybridized carbons (Fsp3) is 0.643. The summed E-state index contributed by atoms with van der Waals surface area (Å²) in [7, 11) is 0. The first kappa shape index (κ1) is 13.1. The Bertz CT molecular complexity index is 599. The van der Waals surface area contributed by atoms with Crippen LogP contribution in [0.3, 0.4) is 0 Å². The largest absolute Gasteiger partial charge is 0.369 e. The second-order valence-electron chi connectivity index (χ2n) is 5.93.